The maximum atomic E-state index is 12.1. The van der Waals surface area contributed by atoms with Gasteiger partial charge in [0.2, 0.25) is 5.09 Å². The van der Waals surface area contributed by atoms with Crippen molar-refractivity contribution in [2.45, 2.75) is 11.1 Å². The molecule has 3 N–H and O–H groups in total. The summed E-state index contributed by atoms with van der Waals surface area (Å²) in [7, 11) is -3.96. The third-order valence-electron chi connectivity index (χ3n) is 3.09. The Morgan fingerprint density at radius 1 is 1.24 bits per heavy atom. The monoisotopic (exact) mass is 308 g/mol. The lowest BCUT2D eigenvalue weighted by Crippen LogP contribution is -2.29. The van der Waals surface area contributed by atoms with Crippen molar-refractivity contribution < 1.29 is 22.4 Å². The number of ether oxygens (including phenoxy) is 1. The van der Waals surface area contributed by atoms with Gasteiger partial charge in [0.05, 0.1) is 6.04 Å². The first-order valence-corrected chi connectivity index (χ1v) is 7.65. The molecule has 0 saturated heterocycles. The van der Waals surface area contributed by atoms with Crippen molar-refractivity contribution in [1.82, 2.24) is 5.32 Å². The van der Waals surface area contributed by atoms with Gasteiger partial charge in [-0.25, -0.2) is 13.6 Å². The molecule has 8 heteroatoms. The van der Waals surface area contributed by atoms with Crippen molar-refractivity contribution in [3.63, 3.8) is 0 Å². The van der Waals surface area contributed by atoms with Crippen LogP contribution in [0.25, 0.3) is 0 Å². The number of benzene rings is 1. The Balaban J connectivity index is 1.78. The molecule has 7 nitrogen and oxygen atoms in total. The fourth-order valence-corrected chi connectivity index (χ4v) is 2.57. The van der Waals surface area contributed by atoms with E-state index in [2.05, 4.69) is 5.32 Å². The zero-order chi connectivity index (χ0) is 15.0. The summed E-state index contributed by atoms with van der Waals surface area (Å²) in [5.41, 5.74) is 0.865. The Kier molecular flexibility index (Phi) is 3.19. The van der Waals surface area contributed by atoms with Gasteiger partial charge in [-0.3, -0.25) is 4.79 Å². The summed E-state index contributed by atoms with van der Waals surface area (Å²) >= 11 is 0. The van der Waals surface area contributed by atoms with Crippen molar-refractivity contribution >= 4 is 15.9 Å². The second-order valence-corrected chi connectivity index (χ2v) is 6.03. The topological polar surface area (TPSA) is 112 Å². The molecule has 1 aliphatic heterocycles. The lowest BCUT2D eigenvalue weighted by atomic mass is 10.1. The van der Waals surface area contributed by atoms with Crippen molar-refractivity contribution in [2.75, 3.05) is 6.61 Å². The van der Waals surface area contributed by atoms with Gasteiger partial charge < -0.3 is 14.5 Å². The molecule has 0 radical (unpaired) electrons. The first-order valence-electron chi connectivity index (χ1n) is 6.10. The minimum atomic E-state index is -3.96. The van der Waals surface area contributed by atoms with Gasteiger partial charge in [-0.05, 0) is 18.2 Å². The fraction of sp³-hybridized carbons (Fsp3) is 0.154. The fourth-order valence-electron chi connectivity index (χ4n) is 2.11. The average Bonchev–Trinajstić information content (AvgIpc) is 3.05. The lowest BCUT2D eigenvalue weighted by molar-refractivity contribution is 0.0897. The zero-order valence-corrected chi connectivity index (χ0v) is 11.6. The molecule has 0 unspecified atom stereocenters. The van der Waals surface area contributed by atoms with Gasteiger partial charge in [-0.2, -0.15) is 0 Å². The van der Waals surface area contributed by atoms with Crippen LogP contribution in [-0.2, 0) is 10.0 Å². The van der Waals surface area contributed by atoms with E-state index in [4.69, 9.17) is 14.3 Å². The van der Waals surface area contributed by atoms with Crippen LogP contribution in [0.1, 0.15) is 22.2 Å². The zero-order valence-electron chi connectivity index (χ0n) is 10.8. The van der Waals surface area contributed by atoms with Crippen molar-refractivity contribution in [3.05, 3.63) is 47.7 Å². The molecule has 1 amide bonds. The van der Waals surface area contributed by atoms with E-state index >= 15 is 0 Å². The van der Waals surface area contributed by atoms with E-state index < -0.39 is 21.0 Å². The Bertz CT molecular complexity index is 796. The first-order chi connectivity index (χ1) is 9.95. The third kappa shape index (κ3) is 2.63. The molecule has 0 spiro atoms. The number of hydrogen-bond donors (Lipinski definition) is 2. The normalized spacial score (nSPS) is 17.1. The Morgan fingerprint density at radius 2 is 2.00 bits per heavy atom. The quantitative estimate of drug-likeness (QED) is 0.870. The number of amides is 1. The molecule has 0 saturated carbocycles. The molecule has 110 valence electrons. The molecule has 1 atom stereocenters. The number of carbonyl (C=O) groups excluding carboxylic acids is 1. The molecular formula is C13H12N2O5S. The van der Waals surface area contributed by atoms with E-state index in [1.807, 2.05) is 24.3 Å². The van der Waals surface area contributed by atoms with E-state index in [-0.39, 0.29) is 11.8 Å². The number of primary sulfonamides is 1. The number of carbonyl (C=O) groups is 1. The van der Waals surface area contributed by atoms with Crippen molar-refractivity contribution in [1.29, 1.82) is 0 Å². The lowest BCUT2D eigenvalue weighted by Gasteiger charge is -2.10. The maximum Gasteiger partial charge on any atom is 0.287 e. The summed E-state index contributed by atoms with van der Waals surface area (Å²) in [6, 6.07) is 9.45. The molecule has 0 aliphatic carbocycles. The standard InChI is InChI=1S/C13H12N2O5S/c14-21(17,18)12-6-5-11(20-12)13(16)15-9-7-19-10-4-2-1-3-8(9)10/h1-6,9H,7H2,(H,15,16)(H2,14,17,18)/t9-/m0/s1. The first kappa shape index (κ1) is 13.7. The number of fused-ring (bicyclic) bond motifs is 1. The number of para-hydroxylation sites is 1. The molecule has 1 aromatic carbocycles. The number of sulfonamides is 1. The molecule has 2 aromatic rings. The van der Waals surface area contributed by atoms with Crippen LogP contribution in [-0.4, -0.2) is 20.9 Å². The molecule has 0 bridgehead atoms. The smallest absolute Gasteiger partial charge is 0.287 e. The minimum Gasteiger partial charge on any atom is -0.491 e. The molecule has 3 rings (SSSR count). The molecule has 2 heterocycles. The van der Waals surface area contributed by atoms with Crippen molar-refractivity contribution in [3.8, 4) is 5.75 Å². The molecule has 21 heavy (non-hydrogen) atoms. The van der Waals surface area contributed by atoms with Crippen LogP contribution < -0.4 is 15.2 Å². The predicted molar refractivity (Wildman–Crippen MR) is 72.2 cm³/mol. The highest BCUT2D eigenvalue weighted by atomic mass is 32.2. The highest BCUT2D eigenvalue weighted by molar-refractivity contribution is 7.89. The number of nitrogens with two attached hydrogens (primary N) is 1. The van der Waals surface area contributed by atoms with Gasteiger partial charge in [-0.1, -0.05) is 18.2 Å². The Labute approximate surface area is 120 Å². The van der Waals surface area contributed by atoms with Crippen molar-refractivity contribution in [2.24, 2.45) is 5.14 Å². The van der Waals surface area contributed by atoms with Crippen LogP contribution in [0.15, 0.2) is 45.9 Å². The highest BCUT2D eigenvalue weighted by Crippen LogP contribution is 2.31. The Morgan fingerprint density at radius 3 is 2.71 bits per heavy atom. The van der Waals surface area contributed by atoms with Crippen LogP contribution in [0, 0.1) is 0 Å². The van der Waals surface area contributed by atoms with E-state index in [9.17, 15) is 13.2 Å². The summed E-state index contributed by atoms with van der Waals surface area (Å²) < 4.78 is 32.6. The largest absolute Gasteiger partial charge is 0.491 e. The number of furan rings is 1. The summed E-state index contributed by atoms with van der Waals surface area (Å²) in [5, 5.41) is 7.20. The molecule has 1 aliphatic rings. The molecule has 0 fully saturated rings. The van der Waals surface area contributed by atoms with Gasteiger partial charge in [0.25, 0.3) is 15.9 Å². The van der Waals surface area contributed by atoms with Gasteiger partial charge in [-0.15, -0.1) is 0 Å². The number of rotatable bonds is 3. The van der Waals surface area contributed by atoms with Crippen LogP contribution in [0.3, 0.4) is 0 Å². The van der Waals surface area contributed by atoms with Gasteiger partial charge in [0.15, 0.2) is 5.76 Å². The Hall–Kier alpha value is -2.32. The van der Waals surface area contributed by atoms with E-state index in [0.717, 1.165) is 11.6 Å². The molecular weight excluding hydrogens is 296 g/mol. The van der Waals surface area contributed by atoms with E-state index in [0.29, 0.717) is 12.4 Å². The number of hydrogen-bond acceptors (Lipinski definition) is 5. The highest BCUT2D eigenvalue weighted by Gasteiger charge is 2.27. The van der Waals surface area contributed by atoms with Gasteiger partial charge in [0.1, 0.15) is 12.4 Å². The van der Waals surface area contributed by atoms with Crippen LogP contribution >= 0.6 is 0 Å². The summed E-state index contributed by atoms with van der Waals surface area (Å²) in [6.07, 6.45) is 0. The second-order valence-electron chi connectivity index (χ2n) is 4.54. The average molecular weight is 308 g/mol. The minimum absolute atomic E-state index is 0.122. The van der Waals surface area contributed by atoms with Crippen LogP contribution in [0.5, 0.6) is 5.75 Å². The van der Waals surface area contributed by atoms with Gasteiger partial charge in [0, 0.05) is 5.56 Å². The second kappa shape index (κ2) is 4.90. The summed E-state index contributed by atoms with van der Waals surface area (Å²) in [5.74, 6) is 0.0612. The summed E-state index contributed by atoms with van der Waals surface area (Å²) in [6.45, 7) is 0.313. The van der Waals surface area contributed by atoms with Gasteiger partial charge >= 0.3 is 0 Å². The number of nitrogens with one attached hydrogen (secondary N) is 1. The predicted octanol–water partition coefficient (Wildman–Crippen LogP) is 0.790. The maximum absolute atomic E-state index is 12.1. The van der Waals surface area contributed by atoms with Crippen LogP contribution in [0.2, 0.25) is 0 Å². The molecule has 1 aromatic heterocycles. The third-order valence-corrected chi connectivity index (χ3v) is 3.87. The van der Waals surface area contributed by atoms with E-state index in [1.165, 1.54) is 6.07 Å². The SMILES string of the molecule is NS(=O)(=O)c1ccc(C(=O)N[C@H]2COc3ccccc32)o1. The van der Waals surface area contributed by atoms with E-state index in [1.54, 1.807) is 0 Å². The summed E-state index contributed by atoms with van der Waals surface area (Å²) in [4.78, 5) is 12.1. The van der Waals surface area contributed by atoms with Crippen LogP contribution in [0.4, 0.5) is 0 Å².